The summed E-state index contributed by atoms with van der Waals surface area (Å²) in [5.74, 6) is 0.162. The van der Waals surface area contributed by atoms with Crippen molar-refractivity contribution in [2.75, 3.05) is 12.0 Å². The number of halogens is 1. The Morgan fingerprint density at radius 1 is 1.37 bits per heavy atom. The third-order valence-electron chi connectivity index (χ3n) is 2.72. The third kappa shape index (κ3) is 7.09. The van der Waals surface area contributed by atoms with E-state index < -0.39 is 9.84 Å². The van der Waals surface area contributed by atoms with E-state index in [1.165, 1.54) is 11.8 Å². The molecule has 0 aliphatic rings. The SMILES string of the molecule is CC(CS(C)(=O)=O)NC(C)(C)Cc1cccc(Br)c1. The zero-order valence-electron chi connectivity index (χ0n) is 11.9. The average molecular weight is 348 g/mol. The van der Waals surface area contributed by atoms with Crippen LogP contribution in [0.4, 0.5) is 0 Å². The Kier molecular flexibility index (Phi) is 5.59. The lowest BCUT2D eigenvalue weighted by Crippen LogP contribution is -2.48. The molecule has 1 aromatic carbocycles. The Bertz CT molecular complexity index is 526. The normalized spacial score (nSPS) is 14.4. The number of benzene rings is 1. The quantitative estimate of drug-likeness (QED) is 0.860. The molecule has 1 aromatic rings. The van der Waals surface area contributed by atoms with Gasteiger partial charge in [-0.15, -0.1) is 0 Å². The summed E-state index contributed by atoms with van der Waals surface area (Å²) in [7, 11) is -2.95. The molecule has 0 radical (unpaired) electrons. The second-order valence-electron chi connectivity index (χ2n) is 5.83. The standard InChI is InChI=1S/C14H22BrNO2S/c1-11(10-19(4,17)18)16-14(2,3)9-12-6-5-7-13(15)8-12/h5-8,11,16H,9-10H2,1-4H3. The molecule has 0 aliphatic heterocycles. The van der Waals surface area contributed by atoms with Gasteiger partial charge in [0.25, 0.3) is 0 Å². The van der Waals surface area contributed by atoms with Gasteiger partial charge in [-0.3, -0.25) is 0 Å². The van der Waals surface area contributed by atoms with Gasteiger partial charge in [-0.1, -0.05) is 28.1 Å². The fourth-order valence-corrected chi connectivity index (χ4v) is 3.81. The molecular formula is C14H22BrNO2S. The lowest BCUT2D eigenvalue weighted by Gasteiger charge is -2.30. The highest BCUT2D eigenvalue weighted by atomic mass is 79.9. The van der Waals surface area contributed by atoms with Gasteiger partial charge in [0.1, 0.15) is 9.84 Å². The van der Waals surface area contributed by atoms with Crippen LogP contribution in [0.25, 0.3) is 0 Å². The van der Waals surface area contributed by atoms with Gasteiger partial charge in [-0.05, 0) is 44.9 Å². The van der Waals surface area contributed by atoms with Gasteiger partial charge in [0, 0.05) is 22.3 Å². The van der Waals surface area contributed by atoms with Crippen LogP contribution in [-0.4, -0.2) is 32.0 Å². The van der Waals surface area contributed by atoms with E-state index in [2.05, 4.69) is 47.2 Å². The summed E-state index contributed by atoms with van der Waals surface area (Å²) >= 11 is 3.46. The van der Waals surface area contributed by atoms with E-state index in [1.54, 1.807) is 0 Å². The molecule has 1 N–H and O–H groups in total. The van der Waals surface area contributed by atoms with Crippen molar-refractivity contribution >= 4 is 25.8 Å². The van der Waals surface area contributed by atoms with Gasteiger partial charge in [-0.2, -0.15) is 0 Å². The first-order valence-corrected chi connectivity index (χ1v) is 9.13. The van der Waals surface area contributed by atoms with Crippen LogP contribution in [0.15, 0.2) is 28.7 Å². The summed E-state index contributed by atoms with van der Waals surface area (Å²) < 4.78 is 23.6. The largest absolute Gasteiger partial charge is 0.308 e. The van der Waals surface area contributed by atoms with Crippen LogP contribution in [0, 0.1) is 0 Å². The molecule has 3 nitrogen and oxygen atoms in total. The molecule has 108 valence electrons. The molecule has 0 saturated carbocycles. The Balaban J connectivity index is 2.66. The number of nitrogens with one attached hydrogen (secondary N) is 1. The number of hydrogen-bond donors (Lipinski definition) is 1. The van der Waals surface area contributed by atoms with E-state index in [0.29, 0.717) is 0 Å². The average Bonchev–Trinajstić information content (AvgIpc) is 2.11. The zero-order chi connectivity index (χ0) is 14.7. The highest BCUT2D eigenvalue weighted by Crippen LogP contribution is 2.17. The number of sulfone groups is 1. The number of hydrogen-bond acceptors (Lipinski definition) is 3. The topological polar surface area (TPSA) is 46.2 Å². The second-order valence-corrected chi connectivity index (χ2v) is 8.93. The van der Waals surface area contributed by atoms with Crippen molar-refractivity contribution in [3.63, 3.8) is 0 Å². The highest BCUT2D eigenvalue weighted by Gasteiger charge is 2.22. The van der Waals surface area contributed by atoms with Crippen LogP contribution in [0.2, 0.25) is 0 Å². The van der Waals surface area contributed by atoms with E-state index in [1.807, 2.05) is 19.1 Å². The minimum absolute atomic E-state index is 0.0582. The van der Waals surface area contributed by atoms with Gasteiger partial charge < -0.3 is 5.32 Å². The summed E-state index contributed by atoms with van der Waals surface area (Å²) in [5.41, 5.74) is 1.07. The first kappa shape index (κ1) is 16.7. The maximum Gasteiger partial charge on any atom is 0.148 e. The fourth-order valence-electron chi connectivity index (χ4n) is 2.37. The summed E-state index contributed by atoms with van der Waals surface area (Å²) in [6.45, 7) is 6.09. The second kappa shape index (κ2) is 6.37. The molecule has 0 aliphatic carbocycles. The zero-order valence-corrected chi connectivity index (χ0v) is 14.3. The lowest BCUT2D eigenvalue weighted by atomic mass is 9.94. The van der Waals surface area contributed by atoms with Gasteiger partial charge in [-0.25, -0.2) is 8.42 Å². The minimum atomic E-state index is -2.95. The maximum absolute atomic E-state index is 11.3. The van der Waals surface area contributed by atoms with Crippen molar-refractivity contribution in [3.8, 4) is 0 Å². The molecule has 19 heavy (non-hydrogen) atoms. The monoisotopic (exact) mass is 347 g/mol. The Morgan fingerprint density at radius 2 is 2.00 bits per heavy atom. The Labute approximate surface area is 124 Å². The van der Waals surface area contributed by atoms with Crippen molar-refractivity contribution < 1.29 is 8.42 Å². The van der Waals surface area contributed by atoms with Crippen molar-refractivity contribution in [2.45, 2.75) is 38.8 Å². The summed E-state index contributed by atoms with van der Waals surface area (Å²) in [6.07, 6.45) is 2.12. The minimum Gasteiger partial charge on any atom is -0.308 e. The van der Waals surface area contributed by atoms with Crippen molar-refractivity contribution in [1.82, 2.24) is 5.32 Å². The van der Waals surface area contributed by atoms with Gasteiger partial charge >= 0.3 is 0 Å². The molecule has 1 unspecified atom stereocenters. The molecule has 5 heteroatoms. The summed E-state index contributed by atoms with van der Waals surface area (Å²) in [5, 5.41) is 3.39. The van der Waals surface area contributed by atoms with Gasteiger partial charge in [0.2, 0.25) is 0 Å². The number of rotatable bonds is 6. The van der Waals surface area contributed by atoms with E-state index in [4.69, 9.17) is 0 Å². The van der Waals surface area contributed by atoms with Gasteiger partial charge in [0.05, 0.1) is 5.75 Å². The van der Waals surface area contributed by atoms with Crippen LogP contribution in [-0.2, 0) is 16.3 Å². The van der Waals surface area contributed by atoms with E-state index in [-0.39, 0.29) is 17.3 Å². The summed E-state index contributed by atoms with van der Waals surface area (Å²) in [6, 6.07) is 8.11. The molecule has 0 heterocycles. The fraction of sp³-hybridized carbons (Fsp3) is 0.571. The molecule has 1 rings (SSSR count). The Hall–Kier alpha value is -0.390. The summed E-state index contributed by atoms with van der Waals surface area (Å²) in [4.78, 5) is 0. The van der Waals surface area contributed by atoms with Crippen LogP contribution < -0.4 is 5.32 Å². The van der Waals surface area contributed by atoms with Crippen molar-refractivity contribution in [3.05, 3.63) is 34.3 Å². The van der Waals surface area contributed by atoms with Crippen LogP contribution in [0.3, 0.4) is 0 Å². The van der Waals surface area contributed by atoms with Crippen LogP contribution in [0.5, 0.6) is 0 Å². The molecule has 0 bridgehead atoms. The molecule has 0 spiro atoms. The van der Waals surface area contributed by atoms with E-state index in [9.17, 15) is 8.42 Å². The van der Waals surface area contributed by atoms with Crippen molar-refractivity contribution in [1.29, 1.82) is 0 Å². The molecule has 1 atom stereocenters. The van der Waals surface area contributed by atoms with E-state index >= 15 is 0 Å². The molecule has 0 aromatic heterocycles. The predicted octanol–water partition coefficient (Wildman–Crippen LogP) is 2.79. The smallest absolute Gasteiger partial charge is 0.148 e. The Morgan fingerprint density at radius 3 is 2.53 bits per heavy atom. The highest BCUT2D eigenvalue weighted by molar-refractivity contribution is 9.10. The maximum atomic E-state index is 11.3. The first-order valence-electron chi connectivity index (χ1n) is 6.27. The molecular weight excluding hydrogens is 326 g/mol. The lowest BCUT2D eigenvalue weighted by molar-refractivity contribution is 0.353. The van der Waals surface area contributed by atoms with Crippen LogP contribution in [0.1, 0.15) is 26.3 Å². The van der Waals surface area contributed by atoms with E-state index in [0.717, 1.165) is 10.9 Å². The third-order valence-corrected chi connectivity index (χ3v) is 4.32. The molecule has 0 saturated heterocycles. The molecule has 0 fully saturated rings. The molecule has 0 amide bonds. The van der Waals surface area contributed by atoms with Gasteiger partial charge in [0.15, 0.2) is 0 Å². The van der Waals surface area contributed by atoms with Crippen molar-refractivity contribution in [2.24, 2.45) is 0 Å². The van der Waals surface area contributed by atoms with Crippen LogP contribution >= 0.6 is 15.9 Å². The predicted molar refractivity (Wildman–Crippen MR) is 84.2 cm³/mol. The first-order chi connectivity index (χ1) is 8.57.